The highest BCUT2D eigenvalue weighted by Crippen LogP contribution is 2.14. The lowest BCUT2D eigenvalue weighted by Crippen LogP contribution is -2.27. The van der Waals surface area contributed by atoms with Gasteiger partial charge in [0.25, 0.3) is 5.56 Å². The summed E-state index contributed by atoms with van der Waals surface area (Å²) < 4.78 is 14.0. The van der Waals surface area contributed by atoms with Crippen molar-refractivity contribution in [1.82, 2.24) is 15.0 Å². The van der Waals surface area contributed by atoms with E-state index >= 15 is 0 Å². The van der Waals surface area contributed by atoms with Crippen LogP contribution in [0.1, 0.15) is 11.7 Å². The molecule has 0 unspecified atom stereocenters. The average molecular weight is 285 g/mol. The first-order valence-electron chi connectivity index (χ1n) is 6.41. The first-order chi connectivity index (χ1) is 10.1. The lowest BCUT2D eigenvalue weighted by Gasteiger charge is -2.11. The molecule has 21 heavy (non-hydrogen) atoms. The molecular formula is C15H12FN3O2. The van der Waals surface area contributed by atoms with Crippen LogP contribution in [0.15, 0.2) is 53.3 Å². The van der Waals surface area contributed by atoms with Gasteiger partial charge in [0.1, 0.15) is 11.3 Å². The zero-order chi connectivity index (χ0) is 14.8. The monoisotopic (exact) mass is 285 g/mol. The largest absolute Gasteiger partial charge is 0.386 e. The van der Waals surface area contributed by atoms with E-state index in [4.69, 9.17) is 0 Å². The molecule has 6 heteroatoms. The molecule has 0 saturated heterocycles. The SMILES string of the molecule is O=c1c2ccccc2nnn1C[C@H](O)c1ccc(F)cc1. The number of aromatic nitrogens is 3. The van der Waals surface area contributed by atoms with Crippen LogP contribution in [0.3, 0.4) is 0 Å². The first kappa shape index (κ1) is 13.4. The summed E-state index contributed by atoms with van der Waals surface area (Å²) in [5.41, 5.74) is 0.704. The van der Waals surface area contributed by atoms with Crippen molar-refractivity contribution in [2.45, 2.75) is 12.6 Å². The van der Waals surface area contributed by atoms with Gasteiger partial charge in [0.15, 0.2) is 0 Å². The number of hydrogen-bond donors (Lipinski definition) is 1. The fourth-order valence-electron chi connectivity index (χ4n) is 2.10. The number of rotatable bonds is 3. The van der Waals surface area contributed by atoms with Gasteiger partial charge in [-0.25, -0.2) is 9.07 Å². The molecule has 1 N–H and O–H groups in total. The van der Waals surface area contributed by atoms with Crippen molar-refractivity contribution in [1.29, 1.82) is 0 Å². The van der Waals surface area contributed by atoms with Gasteiger partial charge in [-0.2, -0.15) is 0 Å². The highest BCUT2D eigenvalue weighted by atomic mass is 19.1. The molecule has 0 bridgehead atoms. The molecule has 0 aliphatic rings. The minimum Gasteiger partial charge on any atom is -0.386 e. The Morgan fingerprint density at radius 3 is 2.62 bits per heavy atom. The molecule has 3 aromatic rings. The second-order valence-electron chi connectivity index (χ2n) is 4.66. The Bertz CT molecular complexity index is 830. The first-order valence-corrected chi connectivity index (χ1v) is 6.41. The van der Waals surface area contributed by atoms with E-state index < -0.39 is 6.10 Å². The molecule has 2 aromatic carbocycles. The van der Waals surface area contributed by atoms with Crippen LogP contribution in [-0.4, -0.2) is 20.1 Å². The number of fused-ring (bicyclic) bond motifs is 1. The second-order valence-corrected chi connectivity index (χ2v) is 4.66. The van der Waals surface area contributed by atoms with E-state index in [-0.39, 0.29) is 17.9 Å². The summed E-state index contributed by atoms with van der Waals surface area (Å²) in [6.45, 7) is -0.0394. The molecule has 0 aliphatic heterocycles. The van der Waals surface area contributed by atoms with Gasteiger partial charge in [-0.1, -0.05) is 29.5 Å². The van der Waals surface area contributed by atoms with Crippen LogP contribution < -0.4 is 5.56 Å². The Hall–Kier alpha value is -2.60. The summed E-state index contributed by atoms with van der Waals surface area (Å²) in [5.74, 6) is -0.381. The van der Waals surface area contributed by atoms with Crippen LogP contribution in [0, 0.1) is 5.82 Å². The van der Waals surface area contributed by atoms with Gasteiger partial charge in [0.2, 0.25) is 0 Å². The molecule has 0 saturated carbocycles. The van der Waals surface area contributed by atoms with Gasteiger partial charge in [-0.05, 0) is 29.8 Å². The molecule has 0 amide bonds. The van der Waals surface area contributed by atoms with Gasteiger partial charge in [-0.3, -0.25) is 4.79 Å². The van der Waals surface area contributed by atoms with Gasteiger partial charge in [-0.15, -0.1) is 5.10 Å². The third kappa shape index (κ3) is 2.66. The third-order valence-electron chi connectivity index (χ3n) is 3.23. The van der Waals surface area contributed by atoms with Gasteiger partial charge >= 0.3 is 0 Å². The third-order valence-corrected chi connectivity index (χ3v) is 3.23. The van der Waals surface area contributed by atoms with Crippen molar-refractivity contribution in [3.05, 3.63) is 70.3 Å². The molecule has 0 radical (unpaired) electrons. The summed E-state index contributed by atoms with van der Waals surface area (Å²) in [6.07, 6.45) is -0.959. The minimum absolute atomic E-state index is 0.0394. The normalized spacial score (nSPS) is 12.5. The van der Waals surface area contributed by atoms with E-state index in [1.807, 2.05) is 0 Å². The van der Waals surface area contributed by atoms with Crippen LogP contribution in [-0.2, 0) is 6.54 Å². The molecule has 3 rings (SSSR count). The van der Waals surface area contributed by atoms with Crippen LogP contribution in [0.4, 0.5) is 4.39 Å². The average Bonchev–Trinajstić information content (AvgIpc) is 2.51. The van der Waals surface area contributed by atoms with E-state index in [1.165, 1.54) is 24.3 Å². The minimum atomic E-state index is -0.959. The highest BCUT2D eigenvalue weighted by molar-refractivity contribution is 5.76. The Morgan fingerprint density at radius 2 is 1.86 bits per heavy atom. The van der Waals surface area contributed by atoms with Crippen LogP contribution in [0.5, 0.6) is 0 Å². The lowest BCUT2D eigenvalue weighted by molar-refractivity contribution is 0.148. The van der Waals surface area contributed by atoms with Gasteiger partial charge < -0.3 is 5.11 Å². The summed E-state index contributed by atoms with van der Waals surface area (Å²) in [5, 5.41) is 18.3. The maximum Gasteiger partial charge on any atom is 0.277 e. The molecule has 1 aromatic heterocycles. The van der Waals surface area contributed by atoms with Crippen molar-refractivity contribution in [2.75, 3.05) is 0 Å². The molecule has 0 fully saturated rings. The van der Waals surface area contributed by atoms with Crippen molar-refractivity contribution in [3.8, 4) is 0 Å². The number of nitrogens with zero attached hydrogens (tertiary/aromatic N) is 3. The smallest absolute Gasteiger partial charge is 0.277 e. The summed E-state index contributed by atoms with van der Waals surface area (Å²) in [7, 11) is 0. The zero-order valence-corrected chi connectivity index (χ0v) is 11.0. The van der Waals surface area contributed by atoms with E-state index in [9.17, 15) is 14.3 Å². The predicted molar refractivity (Wildman–Crippen MR) is 75.2 cm³/mol. The Kier molecular flexibility index (Phi) is 3.45. The summed E-state index contributed by atoms with van der Waals surface area (Å²) >= 11 is 0. The Labute approximate surface area is 119 Å². The van der Waals surface area contributed by atoms with Crippen LogP contribution in [0.25, 0.3) is 10.9 Å². The maximum absolute atomic E-state index is 12.9. The Morgan fingerprint density at radius 1 is 1.14 bits per heavy atom. The summed E-state index contributed by atoms with van der Waals surface area (Å²) in [6, 6.07) is 12.3. The molecule has 5 nitrogen and oxygen atoms in total. The zero-order valence-electron chi connectivity index (χ0n) is 11.0. The quantitative estimate of drug-likeness (QED) is 0.794. The Balaban J connectivity index is 1.93. The van der Waals surface area contributed by atoms with Gasteiger partial charge in [0.05, 0.1) is 18.0 Å². The van der Waals surface area contributed by atoms with E-state index in [0.717, 1.165) is 4.68 Å². The van der Waals surface area contributed by atoms with Crippen LogP contribution in [0.2, 0.25) is 0 Å². The second kappa shape index (κ2) is 5.41. The van der Waals surface area contributed by atoms with Crippen molar-refractivity contribution in [2.24, 2.45) is 0 Å². The molecule has 106 valence electrons. The summed E-state index contributed by atoms with van der Waals surface area (Å²) in [4.78, 5) is 12.2. The molecule has 0 spiro atoms. The fourth-order valence-corrected chi connectivity index (χ4v) is 2.10. The number of halogens is 1. The topological polar surface area (TPSA) is 68.0 Å². The van der Waals surface area contributed by atoms with Crippen molar-refractivity contribution < 1.29 is 9.50 Å². The molecule has 1 atom stereocenters. The fraction of sp³-hybridized carbons (Fsp3) is 0.133. The van der Waals surface area contributed by atoms with Crippen molar-refractivity contribution in [3.63, 3.8) is 0 Å². The highest BCUT2D eigenvalue weighted by Gasteiger charge is 2.12. The van der Waals surface area contributed by atoms with E-state index in [0.29, 0.717) is 16.5 Å². The number of aliphatic hydroxyl groups excluding tert-OH is 1. The van der Waals surface area contributed by atoms with E-state index in [1.54, 1.807) is 24.3 Å². The van der Waals surface area contributed by atoms with E-state index in [2.05, 4.69) is 10.3 Å². The number of aliphatic hydroxyl groups is 1. The lowest BCUT2D eigenvalue weighted by atomic mass is 10.1. The van der Waals surface area contributed by atoms with Gasteiger partial charge in [0, 0.05) is 0 Å². The number of hydrogen-bond acceptors (Lipinski definition) is 4. The standard InChI is InChI=1S/C15H12FN3O2/c16-11-7-5-10(6-8-11)14(20)9-19-15(21)12-3-1-2-4-13(12)17-18-19/h1-8,14,20H,9H2/t14-/m0/s1. The van der Waals surface area contributed by atoms with Crippen LogP contribution >= 0.6 is 0 Å². The number of benzene rings is 2. The molecular weight excluding hydrogens is 273 g/mol. The molecule has 0 aliphatic carbocycles. The predicted octanol–water partition coefficient (Wildman–Crippen LogP) is 1.66. The molecule has 1 heterocycles. The maximum atomic E-state index is 12.9. The van der Waals surface area contributed by atoms with Crippen molar-refractivity contribution >= 4 is 10.9 Å².